The Kier molecular flexibility index (Phi) is 2.30. The fourth-order valence-electron chi connectivity index (χ4n) is 1.90. The number of nitrogens with two attached hydrogens (primary N) is 1. The molecule has 0 saturated heterocycles. The van der Waals surface area contributed by atoms with Crippen molar-refractivity contribution in [2.75, 3.05) is 5.73 Å². The summed E-state index contributed by atoms with van der Waals surface area (Å²) in [4.78, 5) is 0. The molecular formula is C14H9F2NO. The summed E-state index contributed by atoms with van der Waals surface area (Å²) in [5.74, 6) is -0.242. The van der Waals surface area contributed by atoms with Crippen molar-refractivity contribution in [2.24, 2.45) is 0 Å². The van der Waals surface area contributed by atoms with Crippen LogP contribution >= 0.6 is 0 Å². The Hall–Kier alpha value is -2.36. The highest BCUT2D eigenvalue weighted by Crippen LogP contribution is 2.32. The van der Waals surface area contributed by atoms with Gasteiger partial charge in [0.15, 0.2) is 0 Å². The fourth-order valence-corrected chi connectivity index (χ4v) is 1.90. The monoisotopic (exact) mass is 245 g/mol. The van der Waals surface area contributed by atoms with Gasteiger partial charge in [0.05, 0.1) is 0 Å². The van der Waals surface area contributed by atoms with Crippen molar-refractivity contribution >= 4 is 16.7 Å². The molecular weight excluding hydrogens is 236 g/mol. The Morgan fingerprint density at radius 3 is 2.39 bits per heavy atom. The molecule has 0 spiro atoms. The molecule has 4 heteroatoms. The molecule has 0 atom stereocenters. The molecule has 0 fully saturated rings. The van der Waals surface area contributed by atoms with Crippen LogP contribution in [0.3, 0.4) is 0 Å². The number of benzene rings is 2. The lowest BCUT2D eigenvalue weighted by molar-refractivity contribution is 0.617. The summed E-state index contributed by atoms with van der Waals surface area (Å²) in [7, 11) is 0. The van der Waals surface area contributed by atoms with E-state index in [1.54, 1.807) is 18.2 Å². The van der Waals surface area contributed by atoms with Gasteiger partial charge in [0.2, 0.25) is 0 Å². The van der Waals surface area contributed by atoms with Gasteiger partial charge in [0, 0.05) is 16.6 Å². The lowest BCUT2D eigenvalue weighted by atomic mass is 10.1. The van der Waals surface area contributed by atoms with E-state index >= 15 is 0 Å². The van der Waals surface area contributed by atoms with Gasteiger partial charge < -0.3 is 10.2 Å². The number of hydrogen-bond donors (Lipinski definition) is 1. The van der Waals surface area contributed by atoms with Gasteiger partial charge in [0.25, 0.3) is 0 Å². The molecule has 0 radical (unpaired) electrons. The van der Waals surface area contributed by atoms with Gasteiger partial charge in [-0.25, -0.2) is 8.78 Å². The van der Waals surface area contributed by atoms with E-state index in [2.05, 4.69) is 0 Å². The van der Waals surface area contributed by atoms with Crippen molar-refractivity contribution in [3.8, 4) is 11.3 Å². The molecule has 0 aliphatic carbocycles. The Balaban J connectivity index is 2.19. The van der Waals surface area contributed by atoms with Crippen molar-refractivity contribution in [3.63, 3.8) is 0 Å². The van der Waals surface area contributed by atoms with Crippen LogP contribution in [0.1, 0.15) is 0 Å². The molecule has 3 aromatic rings. The van der Waals surface area contributed by atoms with Crippen LogP contribution < -0.4 is 5.73 Å². The number of nitrogen functional groups attached to an aromatic ring is 1. The number of hydrogen-bond acceptors (Lipinski definition) is 2. The molecule has 18 heavy (non-hydrogen) atoms. The van der Waals surface area contributed by atoms with Crippen LogP contribution in [-0.2, 0) is 0 Å². The molecule has 0 unspecified atom stereocenters. The molecule has 0 amide bonds. The Morgan fingerprint density at radius 1 is 0.889 bits per heavy atom. The van der Waals surface area contributed by atoms with Gasteiger partial charge in [-0.1, -0.05) is 0 Å². The molecule has 90 valence electrons. The van der Waals surface area contributed by atoms with Gasteiger partial charge in [0.1, 0.15) is 23.0 Å². The van der Waals surface area contributed by atoms with Gasteiger partial charge in [-0.3, -0.25) is 0 Å². The van der Waals surface area contributed by atoms with Crippen LogP contribution in [-0.4, -0.2) is 0 Å². The molecule has 2 aromatic carbocycles. The van der Waals surface area contributed by atoms with E-state index in [0.29, 0.717) is 22.3 Å². The fraction of sp³-hybridized carbons (Fsp3) is 0. The summed E-state index contributed by atoms with van der Waals surface area (Å²) >= 11 is 0. The molecule has 0 saturated carbocycles. The zero-order valence-electron chi connectivity index (χ0n) is 9.28. The minimum atomic E-state index is -0.404. The molecule has 2 nitrogen and oxygen atoms in total. The van der Waals surface area contributed by atoms with Crippen LogP contribution in [0.2, 0.25) is 0 Å². The highest BCUT2D eigenvalue weighted by Gasteiger charge is 2.10. The minimum Gasteiger partial charge on any atom is -0.456 e. The summed E-state index contributed by atoms with van der Waals surface area (Å²) in [6.07, 6.45) is 0. The Labute approximate surface area is 102 Å². The minimum absolute atomic E-state index is 0.287. The standard InChI is InChI=1S/C14H9F2NO/c15-9-2-4-13-8(5-9)6-14(18-13)11-3-1-10(16)7-12(11)17/h1-7H,17H2. The highest BCUT2D eigenvalue weighted by atomic mass is 19.1. The van der Waals surface area contributed by atoms with Gasteiger partial charge in [-0.2, -0.15) is 0 Å². The maximum atomic E-state index is 13.1. The van der Waals surface area contributed by atoms with Crippen LogP contribution in [0.4, 0.5) is 14.5 Å². The topological polar surface area (TPSA) is 39.2 Å². The van der Waals surface area contributed by atoms with Gasteiger partial charge >= 0.3 is 0 Å². The number of fused-ring (bicyclic) bond motifs is 1. The largest absolute Gasteiger partial charge is 0.456 e. The third-order valence-electron chi connectivity index (χ3n) is 2.76. The first-order valence-electron chi connectivity index (χ1n) is 5.38. The van der Waals surface area contributed by atoms with Crippen molar-refractivity contribution in [3.05, 3.63) is 54.1 Å². The molecule has 2 N–H and O–H groups in total. The third-order valence-corrected chi connectivity index (χ3v) is 2.76. The van der Waals surface area contributed by atoms with E-state index < -0.39 is 5.82 Å². The van der Waals surface area contributed by atoms with E-state index in [-0.39, 0.29) is 11.5 Å². The molecule has 1 heterocycles. The van der Waals surface area contributed by atoms with Crippen LogP contribution in [0, 0.1) is 11.6 Å². The first kappa shape index (κ1) is 10.8. The second-order valence-electron chi connectivity index (χ2n) is 4.02. The van der Waals surface area contributed by atoms with E-state index in [1.807, 2.05) is 0 Å². The summed E-state index contributed by atoms with van der Waals surface area (Å²) in [6.45, 7) is 0. The number of rotatable bonds is 1. The van der Waals surface area contributed by atoms with E-state index in [0.717, 1.165) is 0 Å². The van der Waals surface area contributed by atoms with Crippen LogP contribution in [0.15, 0.2) is 46.9 Å². The van der Waals surface area contributed by atoms with E-state index in [4.69, 9.17) is 10.2 Å². The molecule has 0 aliphatic rings. The van der Waals surface area contributed by atoms with Crippen LogP contribution in [0.25, 0.3) is 22.3 Å². The Bertz CT molecular complexity index is 734. The first-order chi connectivity index (χ1) is 8.63. The second-order valence-corrected chi connectivity index (χ2v) is 4.02. The average Bonchev–Trinajstić information content (AvgIpc) is 2.71. The summed E-state index contributed by atoms with van der Waals surface area (Å²) in [5, 5.41) is 0.647. The lowest BCUT2D eigenvalue weighted by Gasteiger charge is -2.01. The van der Waals surface area contributed by atoms with Gasteiger partial charge in [-0.15, -0.1) is 0 Å². The zero-order valence-corrected chi connectivity index (χ0v) is 9.28. The molecule has 3 rings (SSSR count). The third kappa shape index (κ3) is 1.72. The van der Waals surface area contributed by atoms with E-state index in [9.17, 15) is 8.78 Å². The molecule has 1 aromatic heterocycles. The lowest BCUT2D eigenvalue weighted by Crippen LogP contribution is -1.89. The summed E-state index contributed by atoms with van der Waals surface area (Å²) in [5.41, 5.74) is 7.17. The molecule has 0 bridgehead atoms. The van der Waals surface area contributed by atoms with Gasteiger partial charge in [-0.05, 0) is 42.5 Å². The quantitative estimate of drug-likeness (QED) is 0.659. The van der Waals surface area contributed by atoms with Crippen molar-refractivity contribution in [1.82, 2.24) is 0 Å². The smallest absolute Gasteiger partial charge is 0.137 e. The summed E-state index contributed by atoms with van der Waals surface area (Å²) < 4.78 is 31.6. The van der Waals surface area contributed by atoms with Crippen molar-refractivity contribution in [2.45, 2.75) is 0 Å². The number of halogens is 2. The van der Waals surface area contributed by atoms with Crippen molar-refractivity contribution < 1.29 is 13.2 Å². The van der Waals surface area contributed by atoms with Crippen LogP contribution in [0.5, 0.6) is 0 Å². The second kappa shape index (κ2) is 3.84. The molecule has 0 aliphatic heterocycles. The maximum absolute atomic E-state index is 13.1. The van der Waals surface area contributed by atoms with Crippen molar-refractivity contribution in [1.29, 1.82) is 0 Å². The average molecular weight is 245 g/mol. The highest BCUT2D eigenvalue weighted by molar-refractivity contribution is 5.85. The number of furan rings is 1. The number of anilines is 1. The maximum Gasteiger partial charge on any atom is 0.137 e. The predicted molar refractivity (Wildman–Crippen MR) is 66.0 cm³/mol. The first-order valence-corrected chi connectivity index (χ1v) is 5.38. The SMILES string of the molecule is Nc1cc(F)ccc1-c1cc2cc(F)ccc2o1. The zero-order chi connectivity index (χ0) is 12.7. The summed E-state index contributed by atoms with van der Waals surface area (Å²) in [6, 6.07) is 10.0. The Morgan fingerprint density at radius 2 is 1.61 bits per heavy atom. The normalized spacial score (nSPS) is 11.0. The van der Waals surface area contributed by atoms with E-state index in [1.165, 1.54) is 24.3 Å². The predicted octanol–water partition coefficient (Wildman–Crippen LogP) is 3.96.